The fourth-order valence-corrected chi connectivity index (χ4v) is 4.91. The molecule has 19 heavy (non-hydrogen) atoms. The zero-order valence-corrected chi connectivity index (χ0v) is 11.8. The Morgan fingerprint density at radius 1 is 1.53 bits per heavy atom. The van der Waals surface area contributed by atoms with E-state index >= 15 is 0 Å². The number of hydrogen-bond donors (Lipinski definition) is 2. The number of benzene rings is 1. The van der Waals surface area contributed by atoms with Crippen LogP contribution in [0.1, 0.15) is 11.5 Å². The van der Waals surface area contributed by atoms with Gasteiger partial charge in [-0.25, -0.2) is 8.42 Å². The Bertz CT molecular complexity index is 630. The first-order chi connectivity index (χ1) is 8.75. The molecule has 0 amide bonds. The number of aliphatic carboxylic acids is 1. The van der Waals surface area contributed by atoms with Gasteiger partial charge in [0.2, 0.25) is 0 Å². The van der Waals surface area contributed by atoms with Crippen LogP contribution in [-0.4, -0.2) is 37.5 Å². The second-order valence-electron chi connectivity index (χ2n) is 4.83. The molecule has 7 heteroatoms. The lowest BCUT2D eigenvalue weighted by molar-refractivity contribution is -0.143. The molecule has 0 aliphatic heterocycles. The van der Waals surface area contributed by atoms with Gasteiger partial charge in [0.05, 0.1) is 5.25 Å². The Balaban J connectivity index is 2.53. The molecule has 1 aliphatic carbocycles. The Morgan fingerprint density at radius 3 is 2.53 bits per heavy atom. The fourth-order valence-electron chi connectivity index (χ4n) is 2.79. The summed E-state index contributed by atoms with van der Waals surface area (Å²) in [7, 11) is -3.51. The van der Waals surface area contributed by atoms with Crippen molar-refractivity contribution in [1.29, 1.82) is 0 Å². The lowest BCUT2D eigenvalue weighted by Crippen LogP contribution is -2.31. The molecule has 2 rings (SSSR count). The van der Waals surface area contributed by atoms with Gasteiger partial charge in [-0.3, -0.25) is 4.79 Å². The maximum Gasteiger partial charge on any atom is 0.312 e. The lowest BCUT2D eigenvalue weighted by atomic mass is 9.99. The third-order valence-electron chi connectivity index (χ3n) is 3.66. The molecule has 1 saturated carbocycles. The molecule has 0 bridgehead atoms. The van der Waals surface area contributed by atoms with Crippen LogP contribution in [0.5, 0.6) is 0 Å². The van der Waals surface area contributed by atoms with Crippen LogP contribution < -0.4 is 5.73 Å². The zero-order chi connectivity index (χ0) is 14.4. The van der Waals surface area contributed by atoms with E-state index in [2.05, 4.69) is 0 Å². The zero-order valence-electron chi connectivity index (χ0n) is 10.2. The van der Waals surface area contributed by atoms with E-state index in [9.17, 15) is 18.3 Å². The van der Waals surface area contributed by atoms with Crippen molar-refractivity contribution in [3.8, 4) is 0 Å². The number of carboxylic acid groups (broad SMARTS) is 1. The van der Waals surface area contributed by atoms with E-state index in [1.807, 2.05) is 0 Å². The van der Waals surface area contributed by atoms with Crippen molar-refractivity contribution in [2.45, 2.75) is 11.2 Å². The van der Waals surface area contributed by atoms with Gasteiger partial charge in [0.25, 0.3) is 0 Å². The SMILES string of the molecule is CS(=O)(=O)[C@H]1[C@@H](c2cccc(Cl)c2)[C@@]1(CN)C(=O)O. The quantitative estimate of drug-likeness (QED) is 0.860. The molecule has 0 spiro atoms. The minimum absolute atomic E-state index is 0.225. The molecule has 5 nitrogen and oxygen atoms in total. The summed E-state index contributed by atoms with van der Waals surface area (Å²) in [5.41, 5.74) is 4.69. The van der Waals surface area contributed by atoms with Gasteiger partial charge < -0.3 is 10.8 Å². The van der Waals surface area contributed by atoms with Crippen LogP contribution in [0.4, 0.5) is 0 Å². The summed E-state index contributed by atoms with van der Waals surface area (Å²) in [6.45, 7) is -0.225. The molecule has 1 aromatic rings. The van der Waals surface area contributed by atoms with Crippen molar-refractivity contribution < 1.29 is 18.3 Å². The number of carboxylic acids is 1. The molecule has 3 N–H and O–H groups in total. The van der Waals surface area contributed by atoms with Gasteiger partial charge in [-0.15, -0.1) is 0 Å². The van der Waals surface area contributed by atoms with Crippen LogP contribution in [0.2, 0.25) is 5.02 Å². The molecule has 104 valence electrons. The molecule has 0 unspecified atom stereocenters. The summed E-state index contributed by atoms with van der Waals surface area (Å²) in [5, 5.41) is 8.80. The fraction of sp³-hybridized carbons (Fsp3) is 0.417. The third kappa shape index (κ3) is 2.13. The molecule has 0 saturated heterocycles. The number of hydrogen-bond acceptors (Lipinski definition) is 4. The summed E-state index contributed by atoms with van der Waals surface area (Å²) < 4.78 is 23.6. The third-order valence-corrected chi connectivity index (χ3v) is 5.51. The van der Waals surface area contributed by atoms with E-state index in [1.165, 1.54) is 0 Å². The average molecular weight is 304 g/mol. The molecular formula is C12H14ClNO4S. The summed E-state index contributed by atoms with van der Waals surface area (Å²) in [4.78, 5) is 11.5. The standard InChI is InChI=1S/C12H14ClNO4S/c1-19(17,18)10-9(12(10,6-14)11(15)16)7-3-2-4-8(13)5-7/h2-5,9-10H,6,14H2,1H3,(H,15,16)/t9-,10+,12-/m1/s1. The van der Waals surface area contributed by atoms with Crippen molar-refractivity contribution in [1.82, 2.24) is 0 Å². The highest BCUT2D eigenvalue weighted by molar-refractivity contribution is 7.91. The van der Waals surface area contributed by atoms with Crippen LogP contribution in [-0.2, 0) is 14.6 Å². The van der Waals surface area contributed by atoms with E-state index in [4.69, 9.17) is 17.3 Å². The van der Waals surface area contributed by atoms with Crippen molar-refractivity contribution in [2.24, 2.45) is 11.1 Å². The molecular weight excluding hydrogens is 290 g/mol. The highest BCUT2D eigenvalue weighted by atomic mass is 35.5. The highest BCUT2D eigenvalue weighted by Crippen LogP contribution is 2.62. The Morgan fingerprint density at radius 2 is 2.16 bits per heavy atom. The van der Waals surface area contributed by atoms with Crippen LogP contribution in [0.15, 0.2) is 24.3 Å². The van der Waals surface area contributed by atoms with Crippen LogP contribution in [0, 0.1) is 5.41 Å². The van der Waals surface area contributed by atoms with E-state index < -0.39 is 32.4 Å². The maximum absolute atomic E-state index is 11.8. The number of halogens is 1. The highest BCUT2D eigenvalue weighted by Gasteiger charge is 2.74. The predicted molar refractivity (Wildman–Crippen MR) is 71.9 cm³/mol. The Hall–Kier alpha value is -1.11. The van der Waals surface area contributed by atoms with Gasteiger partial charge in [0.1, 0.15) is 5.41 Å². The summed E-state index contributed by atoms with van der Waals surface area (Å²) in [5.74, 6) is -1.83. The molecule has 1 fully saturated rings. The summed E-state index contributed by atoms with van der Waals surface area (Å²) in [6.07, 6.45) is 1.04. The first kappa shape index (κ1) is 14.3. The summed E-state index contributed by atoms with van der Waals surface area (Å²) >= 11 is 5.87. The van der Waals surface area contributed by atoms with Gasteiger partial charge in [0.15, 0.2) is 9.84 Å². The smallest absolute Gasteiger partial charge is 0.312 e. The minimum Gasteiger partial charge on any atom is -0.481 e. The maximum atomic E-state index is 11.8. The Labute approximate surface area is 116 Å². The second-order valence-corrected chi connectivity index (χ2v) is 7.44. The van der Waals surface area contributed by atoms with E-state index in [0.29, 0.717) is 10.6 Å². The molecule has 1 aliphatic rings. The van der Waals surface area contributed by atoms with E-state index in [1.54, 1.807) is 24.3 Å². The number of rotatable bonds is 4. The number of carbonyl (C=O) groups is 1. The van der Waals surface area contributed by atoms with Crippen molar-refractivity contribution >= 4 is 27.4 Å². The molecule has 0 radical (unpaired) electrons. The number of sulfone groups is 1. The van der Waals surface area contributed by atoms with Crippen molar-refractivity contribution in [3.63, 3.8) is 0 Å². The molecule has 0 heterocycles. The molecule has 3 atom stereocenters. The Kier molecular flexibility index (Phi) is 3.36. The van der Waals surface area contributed by atoms with Gasteiger partial charge in [0, 0.05) is 23.7 Å². The topological polar surface area (TPSA) is 97.5 Å². The minimum atomic E-state index is -3.51. The lowest BCUT2D eigenvalue weighted by Gasteiger charge is -2.09. The summed E-state index contributed by atoms with van der Waals surface area (Å²) in [6, 6.07) is 6.58. The predicted octanol–water partition coefficient (Wildman–Crippen LogP) is 0.880. The van der Waals surface area contributed by atoms with Crippen LogP contribution in [0.3, 0.4) is 0 Å². The van der Waals surface area contributed by atoms with Crippen LogP contribution in [0.25, 0.3) is 0 Å². The molecule has 0 aromatic heterocycles. The average Bonchev–Trinajstić information content (AvgIpc) is 2.99. The van der Waals surface area contributed by atoms with Gasteiger partial charge in [-0.05, 0) is 17.7 Å². The largest absolute Gasteiger partial charge is 0.481 e. The first-order valence-corrected chi connectivity index (χ1v) is 7.96. The van der Waals surface area contributed by atoms with Crippen LogP contribution >= 0.6 is 11.6 Å². The normalized spacial score (nSPS) is 30.1. The van der Waals surface area contributed by atoms with Crippen molar-refractivity contribution in [2.75, 3.05) is 12.8 Å². The second kappa shape index (κ2) is 4.47. The van der Waals surface area contributed by atoms with Crippen molar-refractivity contribution in [3.05, 3.63) is 34.9 Å². The van der Waals surface area contributed by atoms with Gasteiger partial charge in [-0.2, -0.15) is 0 Å². The van der Waals surface area contributed by atoms with Gasteiger partial charge >= 0.3 is 5.97 Å². The monoisotopic (exact) mass is 303 g/mol. The first-order valence-electron chi connectivity index (χ1n) is 5.63. The van der Waals surface area contributed by atoms with E-state index in [0.717, 1.165) is 6.26 Å². The van der Waals surface area contributed by atoms with E-state index in [-0.39, 0.29) is 6.54 Å². The number of nitrogens with two attached hydrogens (primary N) is 1. The van der Waals surface area contributed by atoms with Gasteiger partial charge in [-0.1, -0.05) is 23.7 Å². The molecule has 1 aromatic carbocycles.